The molecular formula is C16H24O2. The Morgan fingerprint density at radius 2 is 2.00 bits per heavy atom. The summed E-state index contributed by atoms with van der Waals surface area (Å²) in [6, 6.07) is 4.27. The molecule has 3 unspecified atom stereocenters. The molecule has 2 heteroatoms. The minimum Gasteiger partial charge on any atom is -0.496 e. The summed E-state index contributed by atoms with van der Waals surface area (Å²) in [4.78, 5) is 0. The molecule has 1 saturated heterocycles. The molecule has 2 nitrogen and oxygen atoms in total. The first-order chi connectivity index (χ1) is 8.58. The number of rotatable bonds is 5. The van der Waals surface area contributed by atoms with Gasteiger partial charge in [-0.2, -0.15) is 0 Å². The van der Waals surface area contributed by atoms with Crippen molar-refractivity contribution in [3.63, 3.8) is 0 Å². The van der Waals surface area contributed by atoms with Gasteiger partial charge in [-0.15, -0.1) is 0 Å². The molecule has 1 aromatic rings. The van der Waals surface area contributed by atoms with Crippen LogP contribution in [0.3, 0.4) is 0 Å². The molecule has 0 aromatic heterocycles. The second-order valence-electron chi connectivity index (χ2n) is 5.41. The van der Waals surface area contributed by atoms with Crippen LogP contribution in [0.15, 0.2) is 12.1 Å². The van der Waals surface area contributed by atoms with Gasteiger partial charge in [0.25, 0.3) is 0 Å². The van der Waals surface area contributed by atoms with Gasteiger partial charge < -0.3 is 9.47 Å². The second-order valence-corrected chi connectivity index (χ2v) is 5.41. The molecule has 3 atom stereocenters. The van der Waals surface area contributed by atoms with Crippen LogP contribution in [0, 0.1) is 19.8 Å². The van der Waals surface area contributed by atoms with Crippen molar-refractivity contribution >= 4 is 0 Å². The van der Waals surface area contributed by atoms with E-state index in [4.69, 9.17) is 9.47 Å². The highest BCUT2D eigenvalue weighted by atomic mass is 16.6. The Bertz CT molecular complexity index is 425. The number of epoxide rings is 1. The highest BCUT2D eigenvalue weighted by Gasteiger charge is 2.41. The van der Waals surface area contributed by atoms with Crippen LogP contribution in [0.4, 0.5) is 0 Å². The van der Waals surface area contributed by atoms with Gasteiger partial charge in [-0.1, -0.05) is 19.9 Å². The minimum absolute atomic E-state index is 0.469. The van der Waals surface area contributed by atoms with Crippen LogP contribution in [0.1, 0.15) is 37.0 Å². The fourth-order valence-corrected chi connectivity index (χ4v) is 2.74. The summed E-state index contributed by atoms with van der Waals surface area (Å²) in [7, 11) is 1.73. The lowest BCUT2D eigenvalue weighted by Crippen LogP contribution is -2.11. The monoisotopic (exact) mass is 248 g/mol. The normalized spacial score (nSPS) is 23.8. The van der Waals surface area contributed by atoms with Gasteiger partial charge in [0.15, 0.2) is 0 Å². The standard InChI is InChI=1S/C16H24O2/c1-6-14-16(18-14)10(2)9-13-7-8-15(17-5)12(4)11(13)3/h7-8,10,14,16H,6,9H2,1-5H3. The summed E-state index contributed by atoms with van der Waals surface area (Å²) in [6.07, 6.45) is 3.20. The summed E-state index contributed by atoms with van der Waals surface area (Å²) in [6.45, 7) is 8.80. The quantitative estimate of drug-likeness (QED) is 0.742. The maximum absolute atomic E-state index is 5.69. The number of hydrogen-bond acceptors (Lipinski definition) is 2. The predicted molar refractivity (Wildman–Crippen MR) is 74.3 cm³/mol. The third-order valence-electron chi connectivity index (χ3n) is 4.20. The molecule has 0 radical (unpaired) electrons. The highest BCUT2D eigenvalue weighted by molar-refractivity contribution is 5.43. The van der Waals surface area contributed by atoms with Crippen molar-refractivity contribution in [2.24, 2.45) is 5.92 Å². The average Bonchev–Trinajstić information content (AvgIpc) is 3.15. The van der Waals surface area contributed by atoms with E-state index in [9.17, 15) is 0 Å². The van der Waals surface area contributed by atoms with Crippen LogP contribution >= 0.6 is 0 Å². The van der Waals surface area contributed by atoms with Crippen LogP contribution in [0.25, 0.3) is 0 Å². The summed E-state index contributed by atoms with van der Waals surface area (Å²) in [5.41, 5.74) is 4.03. The van der Waals surface area contributed by atoms with E-state index in [-0.39, 0.29) is 0 Å². The molecule has 0 bridgehead atoms. The van der Waals surface area contributed by atoms with Crippen LogP contribution < -0.4 is 4.74 Å². The lowest BCUT2D eigenvalue weighted by Gasteiger charge is -2.15. The van der Waals surface area contributed by atoms with Gasteiger partial charge in [0.05, 0.1) is 19.3 Å². The van der Waals surface area contributed by atoms with Gasteiger partial charge >= 0.3 is 0 Å². The molecule has 1 fully saturated rings. The zero-order valence-corrected chi connectivity index (χ0v) is 12.1. The first-order valence-electron chi connectivity index (χ1n) is 6.87. The molecule has 0 saturated carbocycles. The van der Waals surface area contributed by atoms with E-state index in [0.717, 1.165) is 18.6 Å². The first-order valence-corrected chi connectivity index (χ1v) is 6.87. The molecule has 0 aliphatic carbocycles. The molecule has 2 rings (SSSR count). The van der Waals surface area contributed by atoms with Gasteiger partial charge in [0, 0.05) is 0 Å². The van der Waals surface area contributed by atoms with E-state index in [2.05, 4.69) is 39.8 Å². The average molecular weight is 248 g/mol. The fraction of sp³-hybridized carbons (Fsp3) is 0.625. The van der Waals surface area contributed by atoms with Crippen molar-refractivity contribution in [3.05, 3.63) is 28.8 Å². The van der Waals surface area contributed by atoms with Crippen molar-refractivity contribution < 1.29 is 9.47 Å². The topological polar surface area (TPSA) is 21.8 Å². The van der Waals surface area contributed by atoms with Crippen molar-refractivity contribution in [2.45, 2.75) is 52.7 Å². The van der Waals surface area contributed by atoms with Crippen LogP contribution in [-0.2, 0) is 11.2 Å². The summed E-state index contributed by atoms with van der Waals surface area (Å²) >= 11 is 0. The molecule has 100 valence electrons. The van der Waals surface area contributed by atoms with E-state index < -0.39 is 0 Å². The Hall–Kier alpha value is -1.02. The lowest BCUT2D eigenvalue weighted by molar-refractivity contribution is 0.322. The lowest BCUT2D eigenvalue weighted by atomic mass is 9.91. The van der Waals surface area contributed by atoms with Gasteiger partial charge in [0.1, 0.15) is 5.75 Å². The Morgan fingerprint density at radius 3 is 2.56 bits per heavy atom. The Balaban J connectivity index is 2.08. The molecule has 18 heavy (non-hydrogen) atoms. The zero-order valence-electron chi connectivity index (χ0n) is 12.1. The minimum atomic E-state index is 0.469. The SMILES string of the molecule is CCC1OC1C(C)Cc1ccc(OC)c(C)c1C. The molecule has 1 aliphatic heterocycles. The van der Waals surface area contributed by atoms with Gasteiger partial charge in [-0.05, 0) is 55.4 Å². The molecule has 1 aromatic carbocycles. The largest absolute Gasteiger partial charge is 0.496 e. The maximum atomic E-state index is 5.69. The molecule has 1 heterocycles. The van der Waals surface area contributed by atoms with Crippen molar-refractivity contribution in [3.8, 4) is 5.75 Å². The van der Waals surface area contributed by atoms with Crippen molar-refractivity contribution in [1.29, 1.82) is 0 Å². The smallest absolute Gasteiger partial charge is 0.122 e. The van der Waals surface area contributed by atoms with Crippen molar-refractivity contribution in [2.75, 3.05) is 7.11 Å². The van der Waals surface area contributed by atoms with Crippen LogP contribution in [0.5, 0.6) is 5.75 Å². The highest BCUT2D eigenvalue weighted by Crippen LogP contribution is 2.34. The van der Waals surface area contributed by atoms with E-state index in [1.54, 1.807) is 7.11 Å². The van der Waals surface area contributed by atoms with Crippen LogP contribution in [0.2, 0.25) is 0 Å². The first kappa shape index (κ1) is 13.4. The van der Waals surface area contributed by atoms with Gasteiger partial charge in [0.2, 0.25) is 0 Å². The number of hydrogen-bond donors (Lipinski definition) is 0. The molecule has 0 N–H and O–H groups in total. The maximum Gasteiger partial charge on any atom is 0.122 e. The van der Waals surface area contributed by atoms with Gasteiger partial charge in [-0.3, -0.25) is 0 Å². The molecule has 1 aliphatic rings. The molecular weight excluding hydrogens is 224 g/mol. The fourth-order valence-electron chi connectivity index (χ4n) is 2.74. The summed E-state index contributed by atoms with van der Waals surface area (Å²) in [5, 5.41) is 0. The predicted octanol–water partition coefficient (Wildman–Crippen LogP) is 3.67. The summed E-state index contributed by atoms with van der Waals surface area (Å²) < 4.78 is 11.0. The van der Waals surface area contributed by atoms with Crippen LogP contribution in [-0.4, -0.2) is 19.3 Å². The number of ether oxygens (including phenoxy) is 2. The Labute approximate surface area is 110 Å². The molecule has 0 spiro atoms. The van der Waals surface area contributed by atoms with E-state index in [1.807, 2.05) is 0 Å². The van der Waals surface area contributed by atoms with E-state index in [0.29, 0.717) is 18.1 Å². The Morgan fingerprint density at radius 1 is 1.28 bits per heavy atom. The van der Waals surface area contributed by atoms with E-state index >= 15 is 0 Å². The molecule has 0 amide bonds. The third-order valence-corrected chi connectivity index (χ3v) is 4.20. The Kier molecular flexibility index (Phi) is 3.96. The zero-order chi connectivity index (χ0) is 13.3. The second kappa shape index (κ2) is 5.31. The van der Waals surface area contributed by atoms with Crippen molar-refractivity contribution in [1.82, 2.24) is 0 Å². The van der Waals surface area contributed by atoms with Gasteiger partial charge in [-0.25, -0.2) is 0 Å². The number of methoxy groups -OCH3 is 1. The number of benzene rings is 1. The van der Waals surface area contributed by atoms with E-state index in [1.165, 1.54) is 16.7 Å². The summed E-state index contributed by atoms with van der Waals surface area (Å²) in [5.74, 6) is 1.58. The third kappa shape index (κ3) is 2.54.